The summed E-state index contributed by atoms with van der Waals surface area (Å²) in [5, 5.41) is 113. The second kappa shape index (κ2) is 31.8. The Morgan fingerprint density at radius 3 is 2.03 bits per heavy atom. The van der Waals surface area contributed by atoms with Gasteiger partial charge in [-0.2, -0.15) is 0 Å². The molecule has 8 amide bonds. The van der Waals surface area contributed by atoms with E-state index < -0.39 is 183 Å². The molecule has 4 aliphatic heterocycles. The number of halogens is 1. The SMILES string of the molecule is COC1(c2ccc(Cl)cc2)CCN(c2ccc(-c3nnc(-c4ccc(C(=O)NC5CC(O)CNC(=O)C6C(O)C(C)CN6C(=O)C(C(O)CC(N)=O)NC(=O)C(C(O)Cc6ccc(O)c(OSOOO)c6)NC(=O)C6CC(O)CN6C(=O)C(C(C)O)NC5=O)cc4)s3)cc2)CC1. The van der Waals surface area contributed by atoms with Crippen molar-refractivity contribution in [2.45, 2.75) is 131 Å². The van der Waals surface area contributed by atoms with Gasteiger partial charge < -0.3 is 91.7 Å². The van der Waals surface area contributed by atoms with Crippen molar-refractivity contribution in [2.24, 2.45) is 11.7 Å². The molecule has 4 fully saturated rings. The van der Waals surface area contributed by atoms with E-state index in [1.807, 2.05) is 48.5 Å². The number of hydrogen-bond acceptors (Lipinski definition) is 25. The molecule has 0 saturated carbocycles. The molecular formula is C62H74ClN11O20S2. The lowest BCUT2D eigenvalue weighted by Crippen LogP contribution is -2.64. The van der Waals surface area contributed by atoms with Gasteiger partial charge in [-0.15, -0.1) is 10.2 Å². The Bertz CT molecular complexity index is 3610. The van der Waals surface area contributed by atoms with E-state index in [9.17, 15) is 74.1 Å². The van der Waals surface area contributed by atoms with Crippen molar-refractivity contribution in [3.8, 4) is 32.6 Å². The van der Waals surface area contributed by atoms with Gasteiger partial charge in [-0.25, -0.2) is 5.26 Å². The Kier molecular flexibility index (Phi) is 23.9. The molecular weight excluding hydrogens is 1320 g/mol. The third-order valence-electron chi connectivity index (χ3n) is 17.4. The first-order chi connectivity index (χ1) is 45.8. The fourth-order valence-electron chi connectivity index (χ4n) is 12.2. The number of β-amino-alcohol motifs (C(OH)–C–C–N with tert-alkyl or cyclic N) is 1. The summed E-state index contributed by atoms with van der Waals surface area (Å²) in [6, 6.07) is 13.5. The third-order valence-corrected chi connectivity index (χ3v) is 19.1. The van der Waals surface area contributed by atoms with Gasteiger partial charge in [-0.3, -0.25) is 38.4 Å². The van der Waals surface area contributed by atoms with Gasteiger partial charge in [0, 0.05) is 92.4 Å². The molecule has 516 valence electrons. The van der Waals surface area contributed by atoms with Gasteiger partial charge >= 0.3 is 0 Å². The average molecular weight is 1390 g/mol. The molecule has 5 heterocycles. The van der Waals surface area contributed by atoms with Crippen LogP contribution in [-0.2, 0) is 59.7 Å². The van der Waals surface area contributed by atoms with Gasteiger partial charge in [0.05, 0.1) is 48.6 Å². The number of piperidine rings is 1. The van der Waals surface area contributed by atoms with Gasteiger partial charge in [0.2, 0.25) is 41.4 Å². The summed E-state index contributed by atoms with van der Waals surface area (Å²) in [4.78, 5) is 118. The zero-order chi connectivity index (χ0) is 69.3. The summed E-state index contributed by atoms with van der Waals surface area (Å²) in [6.07, 6.45) is -12.1. The number of benzene rings is 4. The number of carbonyl (C=O) groups excluding carboxylic acids is 8. The van der Waals surface area contributed by atoms with Crippen LogP contribution in [0.4, 0.5) is 5.69 Å². The number of aliphatic hydroxyl groups is 6. The molecule has 96 heavy (non-hydrogen) atoms. The second-order valence-electron chi connectivity index (χ2n) is 24.0. The minimum absolute atomic E-state index is 0.000678. The molecule has 4 aromatic carbocycles. The number of aromatic hydroxyl groups is 1. The molecule has 13 atom stereocenters. The molecule has 4 aliphatic rings. The maximum atomic E-state index is 14.7. The van der Waals surface area contributed by atoms with Crippen LogP contribution in [0.3, 0.4) is 0 Å². The molecule has 15 N–H and O–H groups in total. The molecule has 31 nitrogen and oxygen atoms in total. The standard InChI is InChI=1S/C62H74ClN11O20S2/c1-30-28-74-51(52(30)82)57(87)65-27-39(76)24-41(66-53(83)33-5-7-34(8-6-33)58-70-71-59(95-58)35-9-15-38(16-10-35)72-20-18-62(91-3,19-21-72)36-11-13-37(63)14-12-36)54(84)67-48(31(2)75)60(88)73-29-40(77)25-42(73)55(85)68-49(56(86)69-50(61(74)89)45(80)26-47(64)81)44(79)22-32-4-17-43(78)46(23-32)92-96-94-93-90/h4-17,23,30-31,39-42,44-45,48-52,75-80,82,90H,18-22,24-29H2,1-3H3,(H2,64,81)(H,65,87)(H,66,83)(H,67,84)(H,68,85)(H,69,86). The van der Waals surface area contributed by atoms with Crippen molar-refractivity contribution in [3.63, 3.8) is 0 Å². The zero-order valence-corrected chi connectivity index (χ0v) is 54.3. The quantitative estimate of drug-likeness (QED) is 0.0229. The lowest BCUT2D eigenvalue weighted by Gasteiger charge is -2.42. The number of fused-ring (bicyclic) bond motifs is 2. The van der Waals surface area contributed by atoms with Crippen LogP contribution >= 0.6 is 35.3 Å². The van der Waals surface area contributed by atoms with Gasteiger partial charge in [-0.1, -0.05) is 69.6 Å². The number of hydrogen-bond donors (Lipinski definition) is 14. The molecule has 0 bridgehead atoms. The Balaban J connectivity index is 0.958. The lowest BCUT2D eigenvalue weighted by molar-refractivity contribution is -0.433. The van der Waals surface area contributed by atoms with Crippen molar-refractivity contribution in [3.05, 3.63) is 113 Å². The van der Waals surface area contributed by atoms with Gasteiger partial charge in [0.25, 0.3) is 18.2 Å². The fraction of sp³-hybridized carbons (Fsp3) is 0.452. The number of phenols is 1. The molecule has 1 aromatic heterocycles. The van der Waals surface area contributed by atoms with E-state index >= 15 is 0 Å². The average Bonchev–Trinajstić information content (AvgIpc) is 1.52. The largest absolute Gasteiger partial charge is 0.504 e. The highest BCUT2D eigenvalue weighted by Crippen LogP contribution is 2.39. The van der Waals surface area contributed by atoms with Crippen molar-refractivity contribution in [1.82, 2.24) is 46.6 Å². The summed E-state index contributed by atoms with van der Waals surface area (Å²) in [5.74, 6) is -11.1. The Labute approximate surface area is 562 Å². The van der Waals surface area contributed by atoms with E-state index in [1.54, 1.807) is 19.2 Å². The van der Waals surface area contributed by atoms with Crippen molar-refractivity contribution in [1.29, 1.82) is 0 Å². The van der Waals surface area contributed by atoms with E-state index in [0.717, 1.165) is 71.6 Å². The predicted octanol–water partition coefficient (Wildman–Crippen LogP) is -0.440. The maximum absolute atomic E-state index is 14.7. The number of carbonyl (C=O) groups is 8. The summed E-state index contributed by atoms with van der Waals surface area (Å²) in [7, 11) is 1.73. The summed E-state index contributed by atoms with van der Waals surface area (Å²) in [5.41, 5.74) is 8.57. The van der Waals surface area contributed by atoms with E-state index in [-0.39, 0.29) is 29.2 Å². The van der Waals surface area contributed by atoms with E-state index in [0.29, 0.717) is 20.6 Å². The number of amides is 8. The number of nitrogens with zero attached hydrogens (tertiary/aromatic N) is 5. The first kappa shape index (κ1) is 72.1. The van der Waals surface area contributed by atoms with Crippen LogP contribution in [0.5, 0.6) is 11.5 Å². The van der Waals surface area contributed by atoms with Crippen molar-refractivity contribution < 1.29 is 97.7 Å². The summed E-state index contributed by atoms with van der Waals surface area (Å²) in [6.45, 7) is 2.36. The Morgan fingerprint density at radius 2 is 1.41 bits per heavy atom. The number of phenolic OH excluding ortho intramolecular Hbond substituents is 1. The zero-order valence-electron chi connectivity index (χ0n) is 51.9. The van der Waals surface area contributed by atoms with Crippen LogP contribution in [0.15, 0.2) is 91.0 Å². The first-order valence-corrected chi connectivity index (χ1v) is 32.4. The predicted molar refractivity (Wildman–Crippen MR) is 342 cm³/mol. The van der Waals surface area contributed by atoms with Crippen LogP contribution in [0, 0.1) is 5.92 Å². The number of rotatable bonds is 18. The highest BCUT2D eigenvalue weighted by molar-refractivity contribution is 7.90. The Morgan fingerprint density at radius 1 is 0.781 bits per heavy atom. The normalized spacial score (nSPS) is 25.6. The van der Waals surface area contributed by atoms with Crippen LogP contribution in [-0.4, -0.2) is 221 Å². The highest BCUT2D eigenvalue weighted by Gasteiger charge is 2.50. The van der Waals surface area contributed by atoms with Gasteiger partial charge in [-0.05, 0) is 91.6 Å². The molecule has 4 saturated heterocycles. The van der Waals surface area contributed by atoms with Crippen molar-refractivity contribution in [2.75, 3.05) is 44.7 Å². The number of aliphatic hydroxyl groups excluding tert-OH is 6. The smallest absolute Gasteiger partial charge is 0.261 e. The molecule has 0 radical (unpaired) electrons. The molecule has 0 spiro atoms. The minimum atomic E-state index is -2.22. The van der Waals surface area contributed by atoms with Crippen LogP contribution < -0.4 is 41.4 Å². The molecule has 34 heteroatoms. The number of nitrogens with two attached hydrogens (primary N) is 1. The molecule has 5 aromatic rings. The van der Waals surface area contributed by atoms with Gasteiger partial charge in [0.15, 0.2) is 11.5 Å². The topological polar surface area (TPSA) is 457 Å². The van der Waals surface area contributed by atoms with Gasteiger partial charge in [0.1, 0.15) is 46.3 Å². The van der Waals surface area contributed by atoms with Crippen LogP contribution in [0.25, 0.3) is 21.1 Å². The maximum Gasteiger partial charge on any atom is 0.261 e. The molecule has 0 aliphatic carbocycles. The number of methoxy groups -OCH3 is 1. The number of nitrogens with one attached hydrogen (secondary N) is 5. The molecule has 13 unspecified atom stereocenters. The molecule has 9 rings (SSSR count). The fourth-order valence-corrected chi connectivity index (χ4v) is 13.4. The van der Waals surface area contributed by atoms with Crippen LogP contribution in [0.1, 0.15) is 67.4 Å². The summed E-state index contributed by atoms with van der Waals surface area (Å²) < 4.78 is 15.4. The first-order valence-electron chi connectivity index (χ1n) is 30.5. The van der Waals surface area contributed by atoms with E-state index in [2.05, 4.69) is 51.1 Å². The minimum Gasteiger partial charge on any atom is -0.504 e. The number of ether oxygens (including phenoxy) is 1. The van der Waals surface area contributed by atoms with E-state index in [1.165, 1.54) is 36.5 Å². The third kappa shape index (κ3) is 17.0. The number of primary amides is 1. The Hall–Kier alpha value is -8.16. The summed E-state index contributed by atoms with van der Waals surface area (Å²) >= 11 is 7.52. The lowest BCUT2D eigenvalue weighted by atomic mass is 9.84. The van der Waals surface area contributed by atoms with Crippen LogP contribution in [0.2, 0.25) is 5.02 Å². The van der Waals surface area contributed by atoms with Crippen molar-refractivity contribution >= 4 is 88.2 Å². The monoisotopic (exact) mass is 1390 g/mol. The second-order valence-corrected chi connectivity index (χ2v) is 25.8. The van der Waals surface area contributed by atoms with E-state index in [4.69, 9.17) is 31.5 Å². The highest BCUT2D eigenvalue weighted by atomic mass is 35.5. The number of aromatic nitrogens is 2. The number of anilines is 1.